The second-order valence-electron chi connectivity index (χ2n) is 8.43. The van der Waals surface area contributed by atoms with Crippen LogP contribution < -0.4 is 0 Å². The standard InChI is InChI=1S/C27H24N4O3S/c1-3-27(4-2,25-28-21-11-7-10-20(24(32)33)22(21)29-25)17-14-12-16(13-15-17)18-8-5-6-9-19(18)23-30-26(35)34-31-23/h5-15H,3-4H2,1-2H3,(H,28,29)(H,32,33)(H,30,31,35). The molecular formula is C27H24N4O3S. The molecular weight excluding hydrogens is 460 g/mol. The van der Waals surface area contributed by atoms with Crippen LogP contribution in [0.2, 0.25) is 0 Å². The van der Waals surface area contributed by atoms with Crippen molar-refractivity contribution < 1.29 is 14.4 Å². The van der Waals surface area contributed by atoms with E-state index in [-0.39, 0.29) is 15.8 Å². The lowest BCUT2D eigenvalue weighted by Crippen LogP contribution is -2.27. The number of rotatable bonds is 7. The lowest BCUT2D eigenvalue weighted by Gasteiger charge is -2.30. The zero-order valence-electron chi connectivity index (χ0n) is 19.3. The van der Waals surface area contributed by atoms with Crippen LogP contribution in [0.25, 0.3) is 33.5 Å². The number of H-pyrrole nitrogens is 2. The van der Waals surface area contributed by atoms with Crippen LogP contribution in [0.1, 0.15) is 48.4 Å². The third-order valence-corrected chi connectivity index (χ3v) is 6.95. The number of nitrogens with one attached hydrogen (secondary N) is 2. The highest BCUT2D eigenvalue weighted by Gasteiger charge is 2.34. The first-order valence-corrected chi connectivity index (χ1v) is 11.9. The number of para-hydroxylation sites is 1. The van der Waals surface area contributed by atoms with Crippen LogP contribution in [0.15, 0.2) is 71.3 Å². The Kier molecular flexibility index (Phi) is 5.82. The van der Waals surface area contributed by atoms with Crippen molar-refractivity contribution in [2.45, 2.75) is 32.1 Å². The fourth-order valence-corrected chi connectivity index (χ4v) is 4.95. The van der Waals surface area contributed by atoms with Gasteiger partial charge in [0.15, 0.2) is 5.82 Å². The van der Waals surface area contributed by atoms with Crippen molar-refractivity contribution in [3.63, 3.8) is 0 Å². The van der Waals surface area contributed by atoms with E-state index < -0.39 is 5.97 Å². The third kappa shape index (κ3) is 3.85. The Morgan fingerprint density at radius 2 is 1.69 bits per heavy atom. The Labute approximate surface area is 206 Å². The van der Waals surface area contributed by atoms with Gasteiger partial charge >= 0.3 is 10.8 Å². The van der Waals surface area contributed by atoms with Crippen molar-refractivity contribution in [1.82, 2.24) is 20.1 Å². The van der Waals surface area contributed by atoms with Gasteiger partial charge in [0, 0.05) is 5.56 Å². The molecule has 2 heterocycles. The van der Waals surface area contributed by atoms with Gasteiger partial charge in [0.05, 0.1) is 16.5 Å². The first kappa shape index (κ1) is 22.7. The summed E-state index contributed by atoms with van der Waals surface area (Å²) in [4.78, 5) is 24.3. The average molecular weight is 485 g/mol. The van der Waals surface area contributed by atoms with Gasteiger partial charge in [0.25, 0.3) is 0 Å². The summed E-state index contributed by atoms with van der Waals surface area (Å²) in [5.41, 5.74) is 5.07. The number of aromatic nitrogens is 4. The number of hydrogen-bond acceptors (Lipinski definition) is 5. The van der Waals surface area contributed by atoms with E-state index in [1.165, 1.54) is 0 Å². The van der Waals surface area contributed by atoms with Crippen LogP contribution in [0.5, 0.6) is 0 Å². The normalized spacial score (nSPS) is 11.7. The molecule has 0 atom stereocenters. The summed E-state index contributed by atoms with van der Waals surface area (Å²) < 4.78 is 5.13. The number of fused-ring (bicyclic) bond motifs is 1. The van der Waals surface area contributed by atoms with Crippen LogP contribution in [0.3, 0.4) is 0 Å². The van der Waals surface area contributed by atoms with Gasteiger partial charge in [0.2, 0.25) is 0 Å². The number of carboxylic acid groups (broad SMARTS) is 1. The third-order valence-electron chi connectivity index (χ3n) is 6.77. The highest BCUT2D eigenvalue weighted by atomic mass is 32.1. The fraction of sp³-hybridized carbons (Fsp3) is 0.185. The number of aromatic carboxylic acids is 1. The number of nitrogens with zero attached hydrogens (tertiary/aromatic N) is 2. The second kappa shape index (κ2) is 8.96. The minimum Gasteiger partial charge on any atom is -0.478 e. The summed E-state index contributed by atoms with van der Waals surface area (Å²) in [6.45, 7) is 4.26. The summed E-state index contributed by atoms with van der Waals surface area (Å²) in [7, 11) is 0. The fourth-order valence-electron chi connectivity index (χ4n) is 4.82. The van der Waals surface area contributed by atoms with Crippen molar-refractivity contribution in [1.29, 1.82) is 0 Å². The molecule has 0 saturated carbocycles. The minimum atomic E-state index is -0.984. The molecule has 7 nitrogen and oxygen atoms in total. The van der Waals surface area contributed by atoms with Crippen molar-refractivity contribution in [3.05, 3.63) is 88.5 Å². The predicted octanol–water partition coefficient (Wildman–Crippen LogP) is 6.75. The average Bonchev–Trinajstić information content (AvgIpc) is 3.52. The van der Waals surface area contributed by atoms with Gasteiger partial charge in [-0.25, -0.2) is 14.9 Å². The molecule has 0 fully saturated rings. The van der Waals surface area contributed by atoms with Gasteiger partial charge < -0.3 is 14.6 Å². The minimum absolute atomic E-state index is 0.165. The number of carboxylic acids is 1. The Bertz CT molecular complexity index is 1580. The van der Waals surface area contributed by atoms with Crippen LogP contribution in [-0.4, -0.2) is 31.2 Å². The molecule has 176 valence electrons. The van der Waals surface area contributed by atoms with Gasteiger partial charge in [-0.1, -0.05) is 68.4 Å². The molecule has 0 spiro atoms. The summed E-state index contributed by atoms with van der Waals surface area (Å²) >= 11 is 5.02. The van der Waals surface area contributed by atoms with Gasteiger partial charge in [-0.15, -0.1) is 0 Å². The van der Waals surface area contributed by atoms with E-state index in [2.05, 4.69) is 53.2 Å². The number of imidazole rings is 1. The van der Waals surface area contributed by atoms with E-state index in [0.717, 1.165) is 46.4 Å². The van der Waals surface area contributed by atoms with E-state index >= 15 is 0 Å². The summed E-state index contributed by atoms with van der Waals surface area (Å²) in [5.74, 6) is 0.375. The SMILES string of the molecule is CCC(CC)(c1ccc(-c2ccccc2-c2nc(=S)o[nH]2)cc1)c1nc2c(C(=O)O)cccc2[nH]1. The Hall–Kier alpha value is -4.04. The lowest BCUT2D eigenvalue weighted by atomic mass is 9.74. The van der Waals surface area contributed by atoms with E-state index in [0.29, 0.717) is 11.3 Å². The molecule has 5 aromatic rings. The van der Waals surface area contributed by atoms with Crippen molar-refractivity contribution in [2.24, 2.45) is 0 Å². The van der Waals surface area contributed by atoms with Crippen LogP contribution in [0.4, 0.5) is 0 Å². The molecule has 0 aliphatic carbocycles. The highest BCUT2D eigenvalue weighted by molar-refractivity contribution is 7.71. The zero-order valence-corrected chi connectivity index (χ0v) is 20.1. The maximum atomic E-state index is 11.7. The smallest absolute Gasteiger partial charge is 0.337 e. The number of benzene rings is 3. The first-order valence-electron chi connectivity index (χ1n) is 11.4. The molecule has 0 aliphatic rings. The molecule has 0 bridgehead atoms. The topological polar surface area (TPSA) is 108 Å². The Balaban J connectivity index is 1.59. The predicted molar refractivity (Wildman–Crippen MR) is 137 cm³/mol. The Morgan fingerprint density at radius 1 is 0.971 bits per heavy atom. The molecule has 0 saturated heterocycles. The van der Waals surface area contributed by atoms with Crippen molar-refractivity contribution in [2.75, 3.05) is 0 Å². The molecule has 0 aliphatic heterocycles. The quantitative estimate of drug-likeness (QED) is 0.221. The van der Waals surface area contributed by atoms with Gasteiger partial charge in [0.1, 0.15) is 11.3 Å². The highest BCUT2D eigenvalue weighted by Crippen LogP contribution is 2.40. The maximum absolute atomic E-state index is 11.7. The van der Waals surface area contributed by atoms with Gasteiger partial charge in [-0.05, 0) is 53.9 Å². The van der Waals surface area contributed by atoms with E-state index in [4.69, 9.17) is 21.7 Å². The largest absolute Gasteiger partial charge is 0.478 e. The van der Waals surface area contributed by atoms with Crippen LogP contribution in [0, 0.1) is 4.84 Å². The number of hydrogen-bond donors (Lipinski definition) is 3. The van der Waals surface area contributed by atoms with Gasteiger partial charge in [-0.3, -0.25) is 0 Å². The molecule has 0 radical (unpaired) electrons. The van der Waals surface area contributed by atoms with E-state index in [1.54, 1.807) is 12.1 Å². The molecule has 8 heteroatoms. The second-order valence-corrected chi connectivity index (χ2v) is 8.78. The Morgan fingerprint density at radius 3 is 2.31 bits per heavy atom. The van der Waals surface area contributed by atoms with Crippen molar-refractivity contribution >= 4 is 29.2 Å². The van der Waals surface area contributed by atoms with Gasteiger partial charge in [-0.2, -0.15) is 4.98 Å². The summed E-state index contributed by atoms with van der Waals surface area (Å²) in [6.07, 6.45) is 1.61. The molecule has 3 N–H and O–H groups in total. The van der Waals surface area contributed by atoms with E-state index in [1.807, 2.05) is 30.3 Å². The lowest BCUT2D eigenvalue weighted by molar-refractivity contribution is 0.0699. The molecule has 2 aromatic heterocycles. The monoisotopic (exact) mass is 484 g/mol. The molecule has 3 aromatic carbocycles. The summed E-state index contributed by atoms with van der Waals surface area (Å²) in [6, 6.07) is 21.6. The summed E-state index contributed by atoms with van der Waals surface area (Å²) in [5, 5.41) is 12.4. The molecule has 35 heavy (non-hydrogen) atoms. The molecule has 0 unspecified atom stereocenters. The van der Waals surface area contributed by atoms with E-state index in [9.17, 15) is 9.90 Å². The van der Waals surface area contributed by atoms with Crippen molar-refractivity contribution in [3.8, 4) is 22.5 Å². The van der Waals surface area contributed by atoms with Crippen LogP contribution >= 0.6 is 12.2 Å². The first-order chi connectivity index (χ1) is 17.0. The number of carbonyl (C=O) groups is 1. The molecule has 0 amide bonds. The van der Waals surface area contributed by atoms with Crippen LogP contribution in [-0.2, 0) is 5.41 Å². The molecule has 5 rings (SSSR count). The maximum Gasteiger partial charge on any atom is 0.337 e. The zero-order chi connectivity index (χ0) is 24.6. The number of aromatic amines is 2.